The Labute approximate surface area is 139 Å². The van der Waals surface area contributed by atoms with Crippen molar-refractivity contribution in [1.29, 1.82) is 0 Å². The highest BCUT2D eigenvalue weighted by molar-refractivity contribution is 5.92. The molecular weight excluding hydrogens is 306 g/mol. The first-order chi connectivity index (χ1) is 11.7. The highest BCUT2D eigenvalue weighted by atomic mass is 16.5. The van der Waals surface area contributed by atoms with Gasteiger partial charge in [0, 0.05) is 24.1 Å². The van der Waals surface area contributed by atoms with E-state index in [0.717, 1.165) is 5.56 Å². The number of nitrogens with zero attached hydrogens (tertiary/aromatic N) is 2. The minimum absolute atomic E-state index is 0.132. The zero-order valence-corrected chi connectivity index (χ0v) is 13.4. The van der Waals surface area contributed by atoms with Gasteiger partial charge in [0.05, 0.1) is 24.8 Å². The van der Waals surface area contributed by atoms with Crippen LogP contribution in [0.3, 0.4) is 0 Å². The number of ether oxygens (including phenoxy) is 1. The Kier molecular flexibility index (Phi) is 4.56. The SMILES string of the molecule is COc1cccc(NC(=O)Cc2nc(-c3cccnc3)oc2C)c1. The van der Waals surface area contributed by atoms with E-state index in [1.807, 2.05) is 24.3 Å². The molecule has 1 N–H and O–H groups in total. The Balaban J connectivity index is 1.71. The Morgan fingerprint density at radius 1 is 1.29 bits per heavy atom. The van der Waals surface area contributed by atoms with E-state index in [2.05, 4.69) is 15.3 Å². The smallest absolute Gasteiger partial charge is 0.230 e. The molecule has 1 amide bonds. The molecular formula is C18H17N3O3. The zero-order chi connectivity index (χ0) is 16.9. The number of methoxy groups -OCH3 is 1. The van der Waals surface area contributed by atoms with Gasteiger partial charge in [0.15, 0.2) is 0 Å². The number of carbonyl (C=O) groups is 1. The van der Waals surface area contributed by atoms with E-state index >= 15 is 0 Å². The maximum atomic E-state index is 12.2. The normalized spacial score (nSPS) is 10.4. The molecule has 6 heteroatoms. The number of anilines is 1. The van der Waals surface area contributed by atoms with Crippen molar-refractivity contribution >= 4 is 11.6 Å². The van der Waals surface area contributed by atoms with Gasteiger partial charge < -0.3 is 14.5 Å². The summed E-state index contributed by atoms with van der Waals surface area (Å²) in [5.41, 5.74) is 2.06. The number of nitrogens with one attached hydrogen (secondary N) is 1. The summed E-state index contributed by atoms with van der Waals surface area (Å²) in [5.74, 6) is 1.60. The van der Waals surface area contributed by atoms with Crippen LogP contribution in [-0.2, 0) is 11.2 Å². The van der Waals surface area contributed by atoms with Crippen LogP contribution in [0.15, 0.2) is 53.2 Å². The van der Waals surface area contributed by atoms with E-state index in [1.165, 1.54) is 0 Å². The second-order valence-corrected chi connectivity index (χ2v) is 5.22. The second kappa shape index (κ2) is 6.95. The fourth-order valence-corrected chi connectivity index (χ4v) is 2.26. The molecule has 0 fully saturated rings. The van der Waals surface area contributed by atoms with Crippen molar-refractivity contribution < 1.29 is 13.9 Å². The largest absolute Gasteiger partial charge is 0.497 e. The summed E-state index contributed by atoms with van der Waals surface area (Å²) >= 11 is 0. The van der Waals surface area contributed by atoms with Crippen molar-refractivity contribution in [3.8, 4) is 17.2 Å². The van der Waals surface area contributed by atoms with Gasteiger partial charge in [0.1, 0.15) is 11.5 Å². The summed E-state index contributed by atoms with van der Waals surface area (Å²) in [6.45, 7) is 1.79. The zero-order valence-electron chi connectivity index (χ0n) is 13.4. The van der Waals surface area contributed by atoms with Crippen LogP contribution in [0.2, 0.25) is 0 Å². The predicted molar refractivity (Wildman–Crippen MR) is 89.8 cm³/mol. The molecule has 0 spiro atoms. The van der Waals surface area contributed by atoms with E-state index in [-0.39, 0.29) is 12.3 Å². The summed E-state index contributed by atoms with van der Waals surface area (Å²) in [7, 11) is 1.58. The first kappa shape index (κ1) is 15.7. The van der Waals surface area contributed by atoms with Gasteiger partial charge in [-0.2, -0.15) is 0 Å². The van der Waals surface area contributed by atoms with E-state index < -0.39 is 0 Å². The minimum atomic E-state index is -0.169. The first-order valence-electron chi connectivity index (χ1n) is 7.46. The van der Waals surface area contributed by atoms with Gasteiger partial charge in [0.25, 0.3) is 0 Å². The number of amides is 1. The maximum Gasteiger partial charge on any atom is 0.230 e. The highest BCUT2D eigenvalue weighted by Gasteiger charge is 2.15. The summed E-state index contributed by atoms with van der Waals surface area (Å²) in [6, 6.07) is 10.9. The lowest BCUT2D eigenvalue weighted by Gasteiger charge is -2.06. The minimum Gasteiger partial charge on any atom is -0.497 e. The third kappa shape index (κ3) is 3.60. The molecule has 0 saturated heterocycles. The number of aromatic nitrogens is 2. The second-order valence-electron chi connectivity index (χ2n) is 5.22. The Bertz CT molecular complexity index is 844. The van der Waals surface area contributed by atoms with E-state index in [1.54, 1.807) is 38.6 Å². The molecule has 6 nitrogen and oxygen atoms in total. The van der Waals surface area contributed by atoms with Crippen molar-refractivity contribution in [2.75, 3.05) is 12.4 Å². The van der Waals surface area contributed by atoms with Gasteiger partial charge in [-0.15, -0.1) is 0 Å². The Morgan fingerprint density at radius 2 is 2.17 bits per heavy atom. The van der Waals surface area contributed by atoms with E-state index in [9.17, 15) is 4.79 Å². The summed E-state index contributed by atoms with van der Waals surface area (Å²) in [5, 5.41) is 2.83. The van der Waals surface area contributed by atoms with Gasteiger partial charge in [0.2, 0.25) is 11.8 Å². The summed E-state index contributed by atoms with van der Waals surface area (Å²) < 4.78 is 10.8. The van der Waals surface area contributed by atoms with Gasteiger partial charge >= 0.3 is 0 Å². The first-order valence-corrected chi connectivity index (χ1v) is 7.46. The molecule has 0 bridgehead atoms. The fourth-order valence-electron chi connectivity index (χ4n) is 2.26. The maximum absolute atomic E-state index is 12.2. The lowest BCUT2D eigenvalue weighted by Crippen LogP contribution is -2.15. The van der Waals surface area contributed by atoms with E-state index in [4.69, 9.17) is 9.15 Å². The number of hydrogen-bond donors (Lipinski definition) is 1. The Hall–Kier alpha value is -3.15. The van der Waals surface area contributed by atoms with Crippen LogP contribution in [0.25, 0.3) is 11.5 Å². The molecule has 0 aliphatic carbocycles. The standard InChI is InChI=1S/C18H17N3O3/c1-12-16(21-18(24-12)13-5-4-8-19-11-13)10-17(22)20-14-6-3-7-15(9-14)23-2/h3-9,11H,10H2,1-2H3,(H,20,22). The predicted octanol–water partition coefficient (Wildman–Crippen LogP) is 3.23. The molecule has 2 aromatic heterocycles. The molecule has 0 unspecified atom stereocenters. The lowest BCUT2D eigenvalue weighted by molar-refractivity contribution is -0.115. The van der Waals surface area contributed by atoms with Gasteiger partial charge in [-0.05, 0) is 31.2 Å². The van der Waals surface area contributed by atoms with Crippen molar-refractivity contribution in [2.24, 2.45) is 0 Å². The topological polar surface area (TPSA) is 77.2 Å². The molecule has 1 aromatic carbocycles. The third-order valence-corrected chi connectivity index (χ3v) is 3.48. The number of oxazole rings is 1. The molecule has 122 valence electrons. The summed E-state index contributed by atoms with van der Waals surface area (Å²) in [6.07, 6.45) is 3.49. The number of pyridine rings is 1. The van der Waals surface area contributed by atoms with Crippen LogP contribution in [0.1, 0.15) is 11.5 Å². The average molecular weight is 323 g/mol. The molecule has 2 heterocycles. The van der Waals surface area contributed by atoms with Gasteiger partial charge in [-0.1, -0.05) is 6.07 Å². The van der Waals surface area contributed by atoms with Crippen LogP contribution in [0.5, 0.6) is 5.75 Å². The molecule has 3 rings (SSSR count). The molecule has 0 aliphatic heterocycles. The monoisotopic (exact) mass is 323 g/mol. The summed E-state index contributed by atoms with van der Waals surface area (Å²) in [4.78, 5) is 20.7. The van der Waals surface area contributed by atoms with Crippen LogP contribution in [-0.4, -0.2) is 23.0 Å². The number of rotatable bonds is 5. The lowest BCUT2D eigenvalue weighted by atomic mass is 10.2. The Morgan fingerprint density at radius 3 is 2.92 bits per heavy atom. The molecule has 24 heavy (non-hydrogen) atoms. The molecule has 3 aromatic rings. The van der Waals surface area contributed by atoms with Crippen molar-refractivity contribution in [2.45, 2.75) is 13.3 Å². The number of hydrogen-bond acceptors (Lipinski definition) is 5. The van der Waals surface area contributed by atoms with Crippen LogP contribution >= 0.6 is 0 Å². The third-order valence-electron chi connectivity index (χ3n) is 3.48. The number of aryl methyl sites for hydroxylation is 1. The van der Waals surface area contributed by atoms with Crippen molar-refractivity contribution in [3.05, 3.63) is 60.2 Å². The molecule has 0 atom stereocenters. The highest BCUT2D eigenvalue weighted by Crippen LogP contribution is 2.22. The van der Waals surface area contributed by atoms with Crippen molar-refractivity contribution in [3.63, 3.8) is 0 Å². The van der Waals surface area contributed by atoms with Crippen LogP contribution in [0, 0.1) is 6.92 Å². The van der Waals surface area contributed by atoms with Crippen LogP contribution in [0.4, 0.5) is 5.69 Å². The van der Waals surface area contributed by atoms with Gasteiger partial charge in [-0.25, -0.2) is 4.98 Å². The average Bonchev–Trinajstić information content (AvgIpc) is 2.96. The quantitative estimate of drug-likeness (QED) is 0.780. The number of carbonyl (C=O) groups excluding carboxylic acids is 1. The van der Waals surface area contributed by atoms with E-state index in [0.29, 0.717) is 28.8 Å². The molecule has 0 aliphatic rings. The molecule has 0 saturated carbocycles. The molecule has 0 radical (unpaired) electrons. The van der Waals surface area contributed by atoms with Gasteiger partial charge in [-0.3, -0.25) is 9.78 Å². The number of benzene rings is 1. The van der Waals surface area contributed by atoms with Crippen molar-refractivity contribution in [1.82, 2.24) is 9.97 Å². The fraction of sp³-hybridized carbons (Fsp3) is 0.167. The van der Waals surface area contributed by atoms with Crippen LogP contribution < -0.4 is 10.1 Å².